The molecule has 0 amide bonds. The summed E-state index contributed by atoms with van der Waals surface area (Å²) in [6.07, 6.45) is 7.32. The Morgan fingerprint density at radius 3 is 2.57 bits per heavy atom. The van der Waals surface area contributed by atoms with Crippen molar-refractivity contribution in [1.82, 2.24) is 19.7 Å². The van der Waals surface area contributed by atoms with Crippen molar-refractivity contribution in [2.45, 2.75) is 51.1 Å². The number of rotatable bonds is 8. The fourth-order valence-electron chi connectivity index (χ4n) is 5.77. The minimum atomic E-state index is 0.0880. The number of aromatic nitrogens is 3. The molecule has 1 aliphatic carbocycles. The molecule has 0 spiro atoms. The Hall–Kier alpha value is -3.51. The van der Waals surface area contributed by atoms with Crippen molar-refractivity contribution < 1.29 is 4.79 Å². The molecule has 6 heteroatoms. The largest absolute Gasteiger partial charge is 0.369 e. The molecule has 1 aliphatic heterocycles. The number of carbonyl (C=O) groups excluding carboxylic acids is 1. The zero-order valence-electron chi connectivity index (χ0n) is 21.6. The average Bonchev–Trinajstić information content (AvgIpc) is 3.27. The van der Waals surface area contributed by atoms with Gasteiger partial charge in [0.05, 0.1) is 23.8 Å². The maximum absolute atomic E-state index is 13.0. The molecule has 4 aromatic rings. The molecular formula is C31H35N5O. The lowest BCUT2D eigenvalue weighted by Gasteiger charge is -2.42. The highest BCUT2D eigenvalue weighted by Gasteiger charge is 2.30. The molecule has 2 aliphatic rings. The number of hydrogen-bond donors (Lipinski definition) is 0. The third-order valence-electron chi connectivity index (χ3n) is 8.10. The number of Topliss-reactive ketones (excluding diaryl/α,β-unsaturated/α-hetero) is 1. The lowest BCUT2D eigenvalue weighted by molar-refractivity contribution is 0.0870. The third kappa shape index (κ3) is 4.90. The highest BCUT2D eigenvalue weighted by molar-refractivity contribution is 5.95. The van der Waals surface area contributed by atoms with E-state index in [1.807, 2.05) is 18.2 Å². The lowest BCUT2D eigenvalue weighted by atomic mass is 9.93. The summed E-state index contributed by atoms with van der Waals surface area (Å²) in [5.41, 5.74) is 5.57. The summed E-state index contributed by atoms with van der Waals surface area (Å²) < 4.78 is 2.30. The van der Waals surface area contributed by atoms with Crippen LogP contribution in [-0.2, 0) is 12.8 Å². The standard InChI is InChI=1S/C31H35N5O/c1-2-28-27-15-14-25(20-30(27)36(33-28)24-11-8-12-24)34-17-18-35(22-31(37)29-13-6-7-16-32-29)26(21-34)19-23-9-4-3-5-10-23/h3-7,9-10,13-16,20,24,26H,2,8,11-12,17-19,21-22H2,1H3/t26-/m0/s1. The molecule has 6 nitrogen and oxygen atoms in total. The van der Waals surface area contributed by atoms with Gasteiger partial charge < -0.3 is 4.90 Å². The topological polar surface area (TPSA) is 54.3 Å². The van der Waals surface area contributed by atoms with E-state index in [-0.39, 0.29) is 11.8 Å². The van der Waals surface area contributed by atoms with E-state index in [0.29, 0.717) is 18.3 Å². The molecule has 1 atom stereocenters. The number of carbonyl (C=O) groups is 1. The Labute approximate surface area is 218 Å². The van der Waals surface area contributed by atoms with Crippen molar-refractivity contribution in [2.75, 3.05) is 31.1 Å². The number of anilines is 1. The molecule has 2 aromatic carbocycles. The molecule has 2 fully saturated rings. The normalized spacial score (nSPS) is 18.7. The highest BCUT2D eigenvalue weighted by atomic mass is 16.1. The molecule has 6 rings (SSSR count). The van der Waals surface area contributed by atoms with E-state index in [2.05, 4.69) is 74.9 Å². The summed E-state index contributed by atoms with van der Waals surface area (Å²) in [4.78, 5) is 22.2. The van der Waals surface area contributed by atoms with E-state index in [9.17, 15) is 4.79 Å². The van der Waals surface area contributed by atoms with Gasteiger partial charge in [0.25, 0.3) is 0 Å². The summed E-state index contributed by atoms with van der Waals surface area (Å²) in [7, 11) is 0. The maximum atomic E-state index is 13.0. The lowest BCUT2D eigenvalue weighted by Crippen LogP contribution is -2.55. The van der Waals surface area contributed by atoms with Crippen molar-refractivity contribution in [2.24, 2.45) is 0 Å². The van der Waals surface area contributed by atoms with Gasteiger partial charge in [-0.15, -0.1) is 0 Å². The fourth-order valence-corrected chi connectivity index (χ4v) is 5.77. The zero-order chi connectivity index (χ0) is 25.2. The third-order valence-corrected chi connectivity index (χ3v) is 8.10. The van der Waals surface area contributed by atoms with Crippen LogP contribution in [0.5, 0.6) is 0 Å². The Balaban J connectivity index is 1.26. The molecule has 2 aromatic heterocycles. The Kier molecular flexibility index (Phi) is 6.75. The van der Waals surface area contributed by atoms with Crippen molar-refractivity contribution in [1.29, 1.82) is 0 Å². The SMILES string of the molecule is CCc1nn(C2CCC2)c2cc(N3CCN(CC(=O)c4ccccn4)[C@@H](Cc4ccccc4)C3)ccc12. The van der Waals surface area contributed by atoms with Crippen molar-refractivity contribution in [3.05, 3.63) is 89.9 Å². The predicted octanol–water partition coefficient (Wildman–Crippen LogP) is 5.33. The average molecular weight is 494 g/mol. The summed E-state index contributed by atoms with van der Waals surface area (Å²) >= 11 is 0. The number of pyridine rings is 1. The van der Waals surface area contributed by atoms with Gasteiger partial charge in [0.2, 0.25) is 0 Å². The van der Waals surface area contributed by atoms with E-state index >= 15 is 0 Å². The van der Waals surface area contributed by atoms with Crippen molar-refractivity contribution in [3.8, 4) is 0 Å². The number of ketones is 1. The number of nitrogens with zero attached hydrogens (tertiary/aromatic N) is 5. The molecule has 0 bridgehead atoms. The first-order valence-electron chi connectivity index (χ1n) is 13.7. The summed E-state index contributed by atoms with van der Waals surface area (Å²) in [5, 5.41) is 6.30. The number of aryl methyl sites for hydroxylation is 1. The second-order valence-corrected chi connectivity index (χ2v) is 10.4. The number of benzene rings is 2. The van der Waals surface area contributed by atoms with Gasteiger partial charge in [0, 0.05) is 42.9 Å². The molecule has 0 radical (unpaired) electrons. The van der Waals surface area contributed by atoms with Crippen LogP contribution >= 0.6 is 0 Å². The summed E-state index contributed by atoms with van der Waals surface area (Å²) in [5.74, 6) is 0.0880. The summed E-state index contributed by atoms with van der Waals surface area (Å²) in [6.45, 7) is 5.21. The van der Waals surface area contributed by atoms with Crippen LogP contribution < -0.4 is 4.90 Å². The second-order valence-electron chi connectivity index (χ2n) is 10.4. The monoisotopic (exact) mass is 493 g/mol. The van der Waals surface area contributed by atoms with Crippen LogP contribution in [0, 0.1) is 0 Å². The molecule has 0 N–H and O–H groups in total. The first-order valence-corrected chi connectivity index (χ1v) is 13.7. The van der Waals surface area contributed by atoms with Crippen LogP contribution in [-0.4, -0.2) is 57.7 Å². The minimum absolute atomic E-state index is 0.0880. The van der Waals surface area contributed by atoms with Gasteiger partial charge in [-0.1, -0.05) is 43.3 Å². The van der Waals surface area contributed by atoms with Gasteiger partial charge in [0.15, 0.2) is 5.78 Å². The molecule has 1 saturated carbocycles. The summed E-state index contributed by atoms with van der Waals surface area (Å²) in [6, 6.07) is 23.9. The number of hydrogen-bond acceptors (Lipinski definition) is 5. The van der Waals surface area contributed by atoms with Crippen LogP contribution in [0.25, 0.3) is 10.9 Å². The molecule has 3 heterocycles. The Morgan fingerprint density at radius 2 is 1.84 bits per heavy atom. The van der Waals surface area contributed by atoms with Crippen LogP contribution in [0.3, 0.4) is 0 Å². The number of fused-ring (bicyclic) bond motifs is 1. The molecular weight excluding hydrogens is 458 g/mol. The molecule has 1 saturated heterocycles. The second kappa shape index (κ2) is 10.5. The first-order chi connectivity index (χ1) is 18.2. The highest BCUT2D eigenvalue weighted by Crippen LogP contribution is 2.36. The maximum Gasteiger partial charge on any atom is 0.195 e. The molecule has 37 heavy (non-hydrogen) atoms. The van der Waals surface area contributed by atoms with E-state index in [1.54, 1.807) is 6.20 Å². The number of piperazine rings is 1. The van der Waals surface area contributed by atoms with E-state index in [0.717, 1.165) is 32.5 Å². The Morgan fingerprint density at radius 1 is 1.00 bits per heavy atom. The van der Waals surface area contributed by atoms with Crippen LogP contribution in [0.15, 0.2) is 72.9 Å². The quantitative estimate of drug-likeness (QED) is 0.310. The van der Waals surface area contributed by atoms with Gasteiger partial charge in [-0.3, -0.25) is 19.4 Å². The smallest absolute Gasteiger partial charge is 0.195 e. The van der Waals surface area contributed by atoms with Gasteiger partial charge in [-0.25, -0.2) is 0 Å². The first kappa shape index (κ1) is 23.9. The van der Waals surface area contributed by atoms with E-state index in [4.69, 9.17) is 5.10 Å². The molecule has 0 unspecified atom stereocenters. The van der Waals surface area contributed by atoms with E-state index in [1.165, 1.54) is 47.1 Å². The van der Waals surface area contributed by atoms with Gasteiger partial charge in [-0.2, -0.15) is 5.10 Å². The fraction of sp³-hybridized carbons (Fsp3) is 0.387. The van der Waals surface area contributed by atoms with Gasteiger partial charge in [-0.05, 0) is 68.0 Å². The van der Waals surface area contributed by atoms with Crippen molar-refractivity contribution >= 4 is 22.4 Å². The van der Waals surface area contributed by atoms with Crippen LogP contribution in [0.1, 0.15) is 54.0 Å². The van der Waals surface area contributed by atoms with Crippen LogP contribution in [0.2, 0.25) is 0 Å². The van der Waals surface area contributed by atoms with Crippen molar-refractivity contribution in [3.63, 3.8) is 0 Å². The van der Waals surface area contributed by atoms with Gasteiger partial charge >= 0.3 is 0 Å². The Bertz CT molecular complexity index is 1360. The predicted molar refractivity (Wildman–Crippen MR) is 148 cm³/mol. The molecule has 190 valence electrons. The van der Waals surface area contributed by atoms with Gasteiger partial charge in [0.1, 0.15) is 5.69 Å². The van der Waals surface area contributed by atoms with E-state index < -0.39 is 0 Å². The zero-order valence-corrected chi connectivity index (χ0v) is 21.6. The minimum Gasteiger partial charge on any atom is -0.369 e. The van der Waals surface area contributed by atoms with Crippen LogP contribution in [0.4, 0.5) is 5.69 Å².